The highest BCUT2D eigenvalue weighted by molar-refractivity contribution is 5.82. The average Bonchev–Trinajstić information content (AvgIpc) is 3.02. The molecule has 0 amide bonds. The normalized spacial score (nSPS) is 12.5. The van der Waals surface area contributed by atoms with Crippen LogP contribution < -0.4 is 4.74 Å². The molecule has 3 aromatic rings. The summed E-state index contributed by atoms with van der Waals surface area (Å²) in [5.74, 6) is 0.528. The van der Waals surface area contributed by atoms with Gasteiger partial charge < -0.3 is 9.84 Å². The molecule has 0 saturated carbocycles. The van der Waals surface area contributed by atoms with Crippen molar-refractivity contribution in [2.45, 2.75) is 53.2 Å². The van der Waals surface area contributed by atoms with Gasteiger partial charge in [0.15, 0.2) is 0 Å². The third kappa shape index (κ3) is 4.71. The van der Waals surface area contributed by atoms with E-state index in [0.29, 0.717) is 12.5 Å². The molecule has 0 saturated heterocycles. The zero-order valence-electron chi connectivity index (χ0n) is 17.0. The van der Waals surface area contributed by atoms with Crippen molar-refractivity contribution in [1.82, 2.24) is 9.78 Å². The minimum absolute atomic E-state index is 0.0148. The molecule has 1 atom stereocenters. The minimum atomic E-state index is -0.782. The molecule has 1 aromatic heterocycles. The molecule has 0 aliphatic carbocycles. The van der Waals surface area contributed by atoms with Crippen LogP contribution in [0.15, 0.2) is 42.6 Å². The summed E-state index contributed by atoms with van der Waals surface area (Å²) in [4.78, 5) is 10.9. The lowest BCUT2D eigenvalue weighted by molar-refractivity contribution is -0.137. The lowest BCUT2D eigenvalue weighted by Crippen LogP contribution is -2.06. The van der Waals surface area contributed by atoms with Crippen molar-refractivity contribution in [1.29, 1.82) is 0 Å². The summed E-state index contributed by atoms with van der Waals surface area (Å²) in [6.07, 6.45) is 2.05. The number of benzene rings is 2. The second-order valence-corrected chi connectivity index (χ2v) is 7.93. The van der Waals surface area contributed by atoms with Gasteiger partial charge in [0.25, 0.3) is 0 Å². The molecule has 0 aliphatic heterocycles. The fourth-order valence-corrected chi connectivity index (χ4v) is 3.53. The summed E-state index contributed by atoms with van der Waals surface area (Å²) >= 11 is 0. The van der Waals surface area contributed by atoms with E-state index in [9.17, 15) is 4.79 Å². The van der Waals surface area contributed by atoms with E-state index in [4.69, 9.17) is 9.84 Å². The summed E-state index contributed by atoms with van der Waals surface area (Å²) in [5, 5.41) is 14.6. The summed E-state index contributed by atoms with van der Waals surface area (Å²) in [6, 6.07) is 12.0. The van der Waals surface area contributed by atoms with Crippen molar-refractivity contribution < 1.29 is 14.6 Å². The minimum Gasteiger partial charge on any atom is -0.489 e. The van der Waals surface area contributed by atoms with Gasteiger partial charge >= 0.3 is 5.97 Å². The molecule has 0 aliphatic rings. The van der Waals surface area contributed by atoms with Gasteiger partial charge in [0.1, 0.15) is 12.4 Å². The van der Waals surface area contributed by atoms with Gasteiger partial charge in [-0.1, -0.05) is 39.0 Å². The first-order valence-corrected chi connectivity index (χ1v) is 9.73. The van der Waals surface area contributed by atoms with Gasteiger partial charge in [-0.05, 0) is 53.6 Å². The molecule has 2 aromatic carbocycles. The number of fused-ring (bicyclic) bond motifs is 1. The van der Waals surface area contributed by atoms with Crippen LogP contribution in [0.3, 0.4) is 0 Å². The van der Waals surface area contributed by atoms with Gasteiger partial charge in [-0.25, -0.2) is 0 Å². The Kier molecular flexibility index (Phi) is 6.02. The molecule has 1 unspecified atom stereocenters. The number of rotatable bonds is 8. The predicted octanol–water partition coefficient (Wildman–Crippen LogP) is 5.16. The van der Waals surface area contributed by atoms with Crippen LogP contribution in [0, 0.1) is 12.8 Å². The Morgan fingerprint density at radius 3 is 2.54 bits per heavy atom. The molecule has 3 rings (SSSR count). The Labute approximate surface area is 165 Å². The monoisotopic (exact) mass is 380 g/mol. The van der Waals surface area contributed by atoms with Gasteiger partial charge in [-0.2, -0.15) is 5.10 Å². The number of aryl methyl sites for hydroxylation is 1. The zero-order valence-corrected chi connectivity index (χ0v) is 17.0. The fraction of sp³-hybridized carbons (Fsp3) is 0.391. The maximum atomic E-state index is 10.9. The van der Waals surface area contributed by atoms with Crippen LogP contribution in [-0.2, 0) is 17.9 Å². The van der Waals surface area contributed by atoms with E-state index in [0.717, 1.165) is 28.8 Å². The molecule has 0 radical (unpaired) electrons. The smallest absolute Gasteiger partial charge is 0.303 e. The first kappa shape index (κ1) is 19.9. The number of aliphatic carboxylic acids is 1. The predicted molar refractivity (Wildman–Crippen MR) is 111 cm³/mol. The highest BCUT2D eigenvalue weighted by Gasteiger charge is 2.11. The molecule has 148 valence electrons. The van der Waals surface area contributed by atoms with E-state index in [-0.39, 0.29) is 12.3 Å². The Balaban J connectivity index is 1.69. The van der Waals surface area contributed by atoms with E-state index in [2.05, 4.69) is 42.7 Å². The zero-order chi connectivity index (χ0) is 20.3. The number of carbonyl (C=O) groups is 1. The van der Waals surface area contributed by atoms with Crippen molar-refractivity contribution in [2.24, 2.45) is 5.92 Å². The molecule has 28 heavy (non-hydrogen) atoms. The molecule has 5 heteroatoms. The van der Waals surface area contributed by atoms with Crippen molar-refractivity contribution in [3.8, 4) is 5.75 Å². The fourth-order valence-electron chi connectivity index (χ4n) is 3.53. The molecule has 0 spiro atoms. The third-order valence-corrected chi connectivity index (χ3v) is 4.86. The number of nitrogens with zero attached hydrogens (tertiary/aromatic N) is 2. The van der Waals surface area contributed by atoms with E-state index in [1.54, 1.807) is 0 Å². The molecular formula is C23H28N2O3. The number of ether oxygens (including phenoxy) is 1. The van der Waals surface area contributed by atoms with E-state index < -0.39 is 5.97 Å². The highest BCUT2D eigenvalue weighted by atomic mass is 16.5. The summed E-state index contributed by atoms with van der Waals surface area (Å²) in [7, 11) is 0. The van der Waals surface area contributed by atoms with Gasteiger partial charge in [0.05, 0.1) is 18.1 Å². The molecule has 5 nitrogen and oxygen atoms in total. The topological polar surface area (TPSA) is 64.3 Å². The first-order chi connectivity index (χ1) is 13.3. The molecule has 1 heterocycles. The summed E-state index contributed by atoms with van der Waals surface area (Å²) in [5.41, 5.74) is 4.50. The number of carboxylic acids is 1. The second kappa shape index (κ2) is 8.46. The van der Waals surface area contributed by atoms with Crippen molar-refractivity contribution in [2.75, 3.05) is 0 Å². The van der Waals surface area contributed by atoms with E-state index >= 15 is 0 Å². The maximum absolute atomic E-state index is 10.9. The SMILES string of the molecule is Cc1cc(COc2ccc(C(C)CC(=O)O)cc2)cc2cnn(CC(C)C)c12. The van der Waals surface area contributed by atoms with Gasteiger partial charge in [0, 0.05) is 11.9 Å². The van der Waals surface area contributed by atoms with Crippen LogP contribution in [0.2, 0.25) is 0 Å². The maximum Gasteiger partial charge on any atom is 0.303 e. The van der Waals surface area contributed by atoms with Crippen LogP contribution >= 0.6 is 0 Å². The quantitative estimate of drug-likeness (QED) is 0.586. The Morgan fingerprint density at radius 2 is 1.89 bits per heavy atom. The number of hydrogen-bond acceptors (Lipinski definition) is 3. The van der Waals surface area contributed by atoms with Crippen molar-refractivity contribution in [3.05, 3.63) is 59.3 Å². The molecule has 0 fully saturated rings. The molecule has 1 N–H and O–H groups in total. The largest absolute Gasteiger partial charge is 0.489 e. The van der Waals surface area contributed by atoms with E-state index in [1.165, 1.54) is 11.1 Å². The van der Waals surface area contributed by atoms with Gasteiger partial charge in [-0.15, -0.1) is 0 Å². The van der Waals surface area contributed by atoms with Crippen LogP contribution in [-0.4, -0.2) is 20.9 Å². The lowest BCUT2D eigenvalue weighted by Gasteiger charge is -2.12. The first-order valence-electron chi connectivity index (χ1n) is 9.73. The van der Waals surface area contributed by atoms with Crippen molar-refractivity contribution >= 4 is 16.9 Å². The highest BCUT2D eigenvalue weighted by Crippen LogP contribution is 2.24. The Bertz CT molecular complexity index is 958. The third-order valence-electron chi connectivity index (χ3n) is 4.86. The van der Waals surface area contributed by atoms with Crippen LogP contribution in [0.5, 0.6) is 5.75 Å². The van der Waals surface area contributed by atoms with Crippen LogP contribution in [0.4, 0.5) is 0 Å². The summed E-state index contributed by atoms with van der Waals surface area (Å²) < 4.78 is 8.02. The van der Waals surface area contributed by atoms with Crippen LogP contribution in [0.25, 0.3) is 10.9 Å². The number of hydrogen-bond donors (Lipinski definition) is 1. The standard InChI is InChI=1S/C23H28N2O3/c1-15(2)13-25-23-17(4)9-18(11-20(23)12-24-25)14-28-21-7-5-19(6-8-21)16(3)10-22(26)27/h5-9,11-12,15-16H,10,13-14H2,1-4H3,(H,26,27). The number of carboxylic acid groups (broad SMARTS) is 1. The second-order valence-electron chi connectivity index (χ2n) is 7.93. The molecular weight excluding hydrogens is 352 g/mol. The van der Waals surface area contributed by atoms with Gasteiger partial charge in [0.2, 0.25) is 0 Å². The van der Waals surface area contributed by atoms with Gasteiger partial charge in [-0.3, -0.25) is 9.48 Å². The summed E-state index contributed by atoms with van der Waals surface area (Å²) in [6.45, 7) is 9.81. The number of aromatic nitrogens is 2. The Morgan fingerprint density at radius 1 is 1.18 bits per heavy atom. The lowest BCUT2D eigenvalue weighted by atomic mass is 9.98. The van der Waals surface area contributed by atoms with Crippen molar-refractivity contribution in [3.63, 3.8) is 0 Å². The van der Waals surface area contributed by atoms with Crippen LogP contribution in [0.1, 0.15) is 49.8 Å². The average molecular weight is 380 g/mol. The molecule has 0 bridgehead atoms. The Hall–Kier alpha value is -2.82. The van der Waals surface area contributed by atoms with E-state index in [1.807, 2.05) is 37.4 Å².